The van der Waals surface area contributed by atoms with Gasteiger partial charge in [0.15, 0.2) is 0 Å². The van der Waals surface area contributed by atoms with Gasteiger partial charge in [0.1, 0.15) is 0 Å². The molecule has 2 amide bonds. The maximum absolute atomic E-state index is 12.9. The molecule has 0 unspecified atom stereocenters. The highest BCUT2D eigenvalue weighted by Gasteiger charge is 2.32. The molecule has 0 aromatic carbocycles. The van der Waals surface area contributed by atoms with Crippen molar-refractivity contribution in [3.63, 3.8) is 0 Å². The number of hydrogen-bond acceptors (Lipinski definition) is 4. The van der Waals surface area contributed by atoms with Crippen LogP contribution in [0.25, 0.3) is 0 Å². The lowest BCUT2D eigenvalue weighted by Crippen LogP contribution is -2.50. The van der Waals surface area contributed by atoms with Crippen molar-refractivity contribution in [1.29, 1.82) is 0 Å². The number of hydrogen-bond donors (Lipinski definition) is 2. The molecule has 0 spiro atoms. The molecule has 0 aliphatic carbocycles. The smallest absolute Gasteiger partial charge is 0.257 e. The van der Waals surface area contributed by atoms with E-state index in [1.807, 2.05) is 18.7 Å². The van der Waals surface area contributed by atoms with E-state index in [1.165, 1.54) is 0 Å². The summed E-state index contributed by atoms with van der Waals surface area (Å²) in [4.78, 5) is 29.6. The third-order valence-corrected chi connectivity index (χ3v) is 6.05. The fourth-order valence-corrected chi connectivity index (χ4v) is 4.47. The lowest BCUT2D eigenvalue weighted by atomic mass is 9.92. The van der Waals surface area contributed by atoms with Crippen molar-refractivity contribution in [3.05, 3.63) is 17.5 Å². The minimum atomic E-state index is 0.111. The molecule has 156 valence electrons. The Morgan fingerprint density at radius 3 is 2.46 bits per heavy atom. The van der Waals surface area contributed by atoms with Gasteiger partial charge in [-0.1, -0.05) is 13.3 Å². The van der Waals surface area contributed by atoms with E-state index >= 15 is 0 Å². The molecular weight excluding hydrogens is 354 g/mol. The molecule has 28 heavy (non-hydrogen) atoms. The zero-order valence-corrected chi connectivity index (χ0v) is 17.5. The van der Waals surface area contributed by atoms with Crippen LogP contribution in [0.2, 0.25) is 0 Å². The highest BCUT2D eigenvalue weighted by molar-refractivity contribution is 5.95. The van der Waals surface area contributed by atoms with Crippen LogP contribution in [0.1, 0.15) is 68.9 Å². The van der Waals surface area contributed by atoms with Crippen molar-refractivity contribution in [2.75, 3.05) is 26.2 Å². The van der Waals surface area contributed by atoms with Crippen LogP contribution in [0.15, 0.2) is 6.20 Å². The van der Waals surface area contributed by atoms with Gasteiger partial charge in [-0.05, 0) is 59.0 Å². The van der Waals surface area contributed by atoms with Gasteiger partial charge in [0.2, 0.25) is 5.91 Å². The van der Waals surface area contributed by atoms with Crippen LogP contribution < -0.4 is 5.32 Å². The van der Waals surface area contributed by atoms with Gasteiger partial charge in [-0.15, -0.1) is 0 Å². The first kappa shape index (κ1) is 20.8. The van der Waals surface area contributed by atoms with Crippen LogP contribution in [0.5, 0.6) is 0 Å². The highest BCUT2D eigenvalue weighted by Crippen LogP contribution is 2.25. The Morgan fingerprint density at radius 1 is 1.18 bits per heavy atom. The topological polar surface area (TPSA) is 81.3 Å². The Morgan fingerprint density at radius 2 is 1.86 bits per heavy atom. The van der Waals surface area contributed by atoms with Gasteiger partial charge in [-0.2, -0.15) is 5.10 Å². The largest absolute Gasteiger partial charge is 0.354 e. The average Bonchev–Trinajstić information content (AvgIpc) is 3.16. The first-order valence-corrected chi connectivity index (χ1v) is 10.9. The Kier molecular flexibility index (Phi) is 7.10. The Balaban J connectivity index is 1.46. The number of aromatic amines is 1. The number of aryl methyl sites for hydroxylation is 1. The van der Waals surface area contributed by atoms with Crippen molar-refractivity contribution in [3.8, 4) is 0 Å². The van der Waals surface area contributed by atoms with Gasteiger partial charge in [0, 0.05) is 36.8 Å². The zero-order chi connectivity index (χ0) is 20.1. The summed E-state index contributed by atoms with van der Waals surface area (Å²) < 4.78 is 0. The van der Waals surface area contributed by atoms with E-state index in [2.05, 4.69) is 27.3 Å². The minimum Gasteiger partial charge on any atom is -0.354 e. The summed E-state index contributed by atoms with van der Waals surface area (Å²) in [5.74, 6) is 0.469. The molecule has 1 aromatic rings. The van der Waals surface area contributed by atoms with Crippen LogP contribution in [-0.4, -0.2) is 70.1 Å². The van der Waals surface area contributed by atoms with Gasteiger partial charge in [0.25, 0.3) is 5.91 Å². The monoisotopic (exact) mass is 389 g/mol. The molecule has 3 rings (SSSR count). The summed E-state index contributed by atoms with van der Waals surface area (Å²) in [6.07, 6.45) is 7.42. The lowest BCUT2D eigenvalue weighted by molar-refractivity contribution is -0.127. The molecule has 0 saturated carbocycles. The normalized spacial score (nSPS) is 19.9. The number of nitrogens with one attached hydrogen (secondary N) is 2. The molecule has 2 N–H and O–H groups in total. The van der Waals surface area contributed by atoms with Gasteiger partial charge < -0.3 is 15.1 Å². The summed E-state index contributed by atoms with van der Waals surface area (Å²) in [6, 6.07) is 0.734. The predicted molar refractivity (Wildman–Crippen MR) is 109 cm³/mol. The molecular formula is C21H35N5O2. The molecule has 0 bridgehead atoms. The van der Waals surface area contributed by atoms with Crippen molar-refractivity contribution in [2.24, 2.45) is 5.92 Å². The van der Waals surface area contributed by atoms with Crippen LogP contribution >= 0.6 is 0 Å². The molecule has 2 aliphatic heterocycles. The maximum atomic E-state index is 12.9. The van der Waals surface area contributed by atoms with Crippen LogP contribution in [0.4, 0.5) is 0 Å². The van der Waals surface area contributed by atoms with Crippen LogP contribution in [0.3, 0.4) is 0 Å². The fourth-order valence-electron chi connectivity index (χ4n) is 4.47. The second kappa shape index (κ2) is 9.54. The van der Waals surface area contributed by atoms with Gasteiger partial charge in [-0.25, -0.2) is 0 Å². The quantitative estimate of drug-likeness (QED) is 0.782. The van der Waals surface area contributed by atoms with Crippen molar-refractivity contribution in [2.45, 2.75) is 71.4 Å². The highest BCUT2D eigenvalue weighted by atomic mass is 16.2. The summed E-state index contributed by atoms with van der Waals surface area (Å²) >= 11 is 0. The van der Waals surface area contributed by atoms with E-state index in [9.17, 15) is 9.59 Å². The SMILES string of the molecule is CCCc1[nH]ncc1C(=O)N1CCC(N2CCC(C(=O)NC(C)C)CC2)CC1. The molecule has 7 heteroatoms. The molecule has 0 radical (unpaired) electrons. The summed E-state index contributed by atoms with van der Waals surface area (Å²) in [7, 11) is 0. The molecule has 2 saturated heterocycles. The van der Waals surface area contributed by atoms with E-state index in [0.29, 0.717) is 6.04 Å². The van der Waals surface area contributed by atoms with E-state index in [4.69, 9.17) is 0 Å². The molecule has 2 fully saturated rings. The average molecular weight is 390 g/mol. The molecule has 2 aliphatic rings. The Labute approximate surface area is 168 Å². The lowest BCUT2D eigenvalue weighted by Gasteiger charge is -2.41. The summed E-state index contributed by atoms with van der Waals surface area (Å²) in [5.41, 5.74) is 1.69. The van der Waals surface area contributed by atoms with Crippen molar-refractivity contribution in [1.82, 2.24) is 25.3 Å². The van der Waals surface area contributed by atoms with Gasteiger partial charge >= 0.3 is 0 Å². The predicted octanol–water partition coefficient (Wildman–Crippen LogP) is 2.20. The number of rotatable bonds is 6. The number of likely N-dealkylation sites (tertiary alicyclic amines) is 2. The molecule has 1 aromatic heterocycles. The van der Waals surface area contributed by atoms with Crippen molar-refractivity contribution < 1.29 is 9.59 Å². The Bertz CT molecular complexity index is 656. The standard InChI is InChI=1S/C21H35N5O2/c1-4-5-19-18(14-22-24-19)21(28)26-12-8-17(9-13-26)25-10-6-16(7-11-25)20(27)23-15(2)3/h14-17H,4-13H2,1-3H3,(H,22,24)(H,23,27). The number of carbonyl (C=O) groups is 2. The minimum absolute atomic E-state index is 0.111. The van der Waals surface area contributed by atoms with Crippen molar-refractivity contribution >= 4 is 11.8 Å². The Hall–Kier alpha value is -1.89. The summed E-state index contributed by atoms with van der Waals surface area (Å²) in [5, 5.41) is 10.1. The van der Waals surface area contributed by atoms with Crippen LogP contribution in [-0.2, 0) is 11.2 Å². The van der Waals surface area contributed by atoms with E-state index in [0.717, 1.165) is 76.0 Å². The maximum Gasteiger partial charge on any atom is 0.257 e. The van der Waals surface area contributed by atoms with Crippen LogP contribution in [0, 0.1) is 5.92 Å². The van der Waals surface area contributed by atoms with E-state index in [1.54, 1.807) is 6.20 Å². The first-order chi connectivity index (χ1) is 13.5. The van der Waals surface area contributed by atoms with Gasteiger partial charge in [0.05, 0.1) is 11.8 Å². The second-order valence-electron chi connectivity index (χ2n) is 8.51. The second-order valence-corrected chi connectivity index (χ2v) is 8.51. The van der Waals surface area contributed by atoms with E-state index in [-0.39, 0.29) is 23.8 Å². The molecule has 3 heterocycles. The fraction of sp³-hybridized carbons (Fsp3) is 0.762. The first-order valence-electron chi connectivity index (χ1n) is 10.9. The van der Waals surface area contributed by atoms with Gasteiger partial charge in [-0.3, -0.25) is 14.7 Å². The number of H-pyrrole nitrogens is 1. The molecule has 0 atom stereocenters. The van der Waals surface area contributed by atoms with E-state index < -0.39 is 0 Å². The number of carbonyl (C=O) groups excluding carboxylic acids is 2. The number of amides is 2. The third kappa shape index (κ3) is 4.93. The number of nitrogens with zero attached hydrogens (tertiary/aromatic N) is 3. The number of piperidine rings is 2. The third-order valence-electron chi connectivity index (χ3n) is 6.05. The summed E-state index contributed by atoms with van der Waals surface area (Å²) in [6.45, 7) is 9.69. The molecule has 7 nitrogen and oxygen atoms in total. The number of aromatic nitrogens is 2. The zero-order valence-electron chi connectivity index (χ0n) is 17.5.